The Labute approximate surface area is 101 Å². The summed E-state index contributed by atoms with van der Waals surface area (Å²) in [5.74, 6) is 0.485. The minimum Gasteiger partial charge on any atom is -0.461 e. The van der Waals surface area contributed by atoms with Crippen LogP contribution in [-0.4, -0.2) is 10.1 Å². The first-order valence-electron chi connectivity index (χ1n) is 5.17. The lowest BCUT2D eigenvalue weighted by atomic mass is 10.2. The molecule has 0 aliphatic heterocycles. The van der Waals surface area contributed by atoms with E-state index in [1.54, 1.807) is 18.2 Å². The van der Waals surface area contributed by atoms with E-state index < -0.39 is 5.82 Å². The first-order chi connectivity index (χ1) is 8.74. The van der Waals surface area contributed by atoms with E-state index in [0.717, 1.165) is 0 Å². The molecule has 2 aromatic heterocycles. The summed E-state index contributed by atoms with van der Waals surface area (Å²) >= 11 is 0. The lowest BCUT2D eigenvalue weighted by Crippen LogP contribution is -1.90. The van der Waals surface area contributed by atoms with E-state index in [1.165, 1.54) is 18.4 Å². The number of nitrogens with two attached hydrogens (primary N) is 1. The van der Waals surface area contributed by atoms with Crippen molar-refractivity contribution in [2.45, 2.75) is 0 Å². The van der Waals surface area contributed by atoms with E-state index in [-0.39, 0.29) is 11.6 Å². The number of anilines is 1. The lowest BCUT2D eigenvalue weighted by Gasteiger charge is -1.97. The van der Waals surface area contributed by atoms with E-state index in [1.807, 2.05) is 0 Å². The van der Waals surface area contributed by atoms with Gasteiger partial charge in [0.15, 0.2) is 5.76 Å². The Morgan fingerprint density at radius 2 is 2.11 bits per heavy atom. The minimum absolute atomic E-state index is 0.0736. The number of hydrogen-bond acceptors (Lipinski definition) is 5. The van der Waals surface area contributed by atoms with Gasteiger partial charge in [0, 0.05) is 5.56 Å². The van der Waals surface area contributed by atoms with Crippen LogP contribution in [0.3, 0.4) is 0 Å². The van der Waals surface area contributed by atoms with Crippen molar-refractivity contribution in [3.8, 4) is 23.0 Å². The monoisotopic (exact) mass is 245 g/mol. The highest BCUT2D eigenvalue weighted by Gasteiger charge is 2.13. The molecular formula is C12H8FN3O2. The Morgan fingerprint density at radius 1 is 1.22 bits per heavy atom. The van der Waals surface area contributed by atoms with Crippen molar-refractivity contribution >= 4 is 5.69 Å². The van der Waals surface area contributed by atoms with Gasteiger partial charge < -0.3 is 14.7 Å². The number of nitrogens with zero attached hydrogens (tertiary/aromatic N) is 2. The zero-order valence-corrected chi connectivity index (χ0v) is 9.13. The van der Waals surface area contributed by atoms with Gasteiger partial charge in [-0.3, -0.25) is 0 Å². The van der Waals surface area contributed by atoms with Gasteiger partial charge in [0.2, 0.25) is 5.82 Å². The second-order valence-corrected chi connectivity index (χ2v) is 3.64. The van der Waals surface area contributed by atoms with Crippen molar-refractivity contribution in [2.24, 2.45) is 0 Å². The molecule has 3 aromatic rings. The topological polar surface area (TPSA) is 78.1 Å². The second-order valence-electron chi connectivity index (χ2n) is 3.64. The predicted molar refractivity (Wildman–Crippen MR) is 61.8 cm³/mol. The van der Waals surface area contributed by atoms with Crippen LogP contribution in [0.2, 0.25) is 0 Å². The highest BCUT2D eigenvalue weighted by Crippen LogP contribution is 2.24. The molecule has 1 aromatic carbocycles. The third-order valence-corrected chi connectivity index (χ3v) is 2.41. The van der Waals surface area contributed by atoms with E-state index in [9.17, 15) is 4.39 Å². The van der Waals surface area contributed by atoms with Crippen molar-refractivity contribution in [3.05, 3.63) is 42.4 Å². The summed E-state index contributed by atoms with van der Waals surface area (Å²) in [6.07, 6.45) is 1.51. The molecule has 0 saturated heterocycles. The fourth-order valence-corrected chi connectivity index (χ4v) is 1.51. The Kier molecular flexibility index (Phi) is 2.33. The number of furan rings is 1. The van der Waals surface area contributed by atoms with Crippen molar-refractivity contribution in [1.82, 2.24) is 10.1 Å². The van der Waals surface area contributed by atoms with Crippen molar-refractivity contribution in [1.29, 1.82) is 0 Å². The van der Waals surface area contributed by atoms with Crippen molar-refractivity contribution in [3.63, 3.8) is 0 Å². The predicted octanol–water partition coefficient (Wildman–Crippen LogP) is 2.72. The van der Waals surface area contributed by atoms with Gasteiger partial charge in [-0.15, -0.1) is 0 Å². The van der Waals surface area contributed by atoms with Crippen molar-refractivity contribution in [2.75, 3.05) is 5.73 Å². The maximum absolute atomic E-state index is 13.3. The van der Waals surface area contributed by atoms with Crippen LogP contribution >= 0.6 is 0 Å². The molecule has 0 aliphatic rings. The fraction of sp³-hybridized carbons (Fsp3) is 0. The molecule has 5 nitrogen and oxygen atoms in total. The maximum atomic E-state index is 13.3. The average molecular weight is 245 g/mol. The Hall–Kier alpha value is -2.63. The molecule has 0 fully saturated rings. The number of nitrogen functional groups attached to an aromatic ring is 1. The SMILES string of the molecule is Nc1ccc(-c2nc(-c3ccco3)no2)cc1F. The highest BCUT2D eigenvalue weighted by molar-refractivity contribution is 5.59. The molecule has 90 valence electrons. The smallest absolute Gasteiger partial charge is 0.258 e. The van der Waals surface area contributed by atoms with Crippen LogP contribution in [0.25, 0.3) is 23.0 Å². The Bertz CT molecular complexity index is 676. The van der Waals surface area contributed by atoms with Gasteiger partial charge in [-0.1, -0.05) is 5.16 Å². The highest BCUT2D eigenvalue weighted by atomic mass is 19.1. The molecule has 0 amide bonds. The molecule has 0 radical (unpaired) electrons. The summed E-state index contributed by atoms with van der Waals surface area (Å²) < 4.78 is 23.5. The van der Waals surface area contributed by atoms with Gasteiger partial charge >= 0.3 is 0 Å². The Morgan fingerprint density at radius 3 is 2.83 bits per heavy atom. The molecule has 0 aliphatic carbocycles. The third kappa shape index (κ3) is 1.73. The summed E-state index contributed by atoms with van der Waals surface area (Å²) in [6.45, 7) is 0. The number of halogens is 1. The van der Waals surface area contributed by atoms with Gasteiger partial charge in [0.05, 0.1) is 12.0 Å². The number of rotatable bonds is 2. The number of hydrogen-bond donors (Lipinski definition) is 1. The molecular weight excluding hydrogens is 237 g/mol. The van der Waals surface area contributed by atoms with Gasteiger partial charge in [0.1, 0.15) is 5.82 Å². The summed E-state index contributed by atoms with van der Waals surface area (Å²) in [5, 5.41) is 3.75. The van der Waals surface area contributed by atoms with Crippen LogP contribution in [-0.2, 0) is 0 Å². The van der Waals surface area contributed by atoms with E-state index in [0.29, 0.717) is 17.1 Å². The standard InChI is InChI=1S/C12H8FN3O2/c13-8-6-7(3-4-9(8)14)12-15-11(16-18-12)10-2-1-5-17-10/h1-6H,14H2. The van der Waals surface area contributed by atoms with Crippen LogP contribution < -0.4 is 5.73 Å². The fourth-order valence-electron chi connectivity index (χ4n) is 1.51. The first kappa shape index (κ1) is 10.5. The largest absolute Gasteiger partial charge is 0.461 e. The molecule has 2 N–H and O–H groups in total. The van der Waals surface area contributed by atoms with Gasteiger partial charge in [0.25, 0.3) is 5.89 Å². The molecule has 0 atom stereocenters. The minimum atomic E-state index is -0.523. The molecule has 0 spiro atoms. The zero-order valence-electron chi connectivity index (χ0n) is 9.13. The third-order valence-electron chi connectivity index (χ3n) is 2.41. The summed E-state index contributed by atoms with van der Waals surface area (Å²) in [6, 6.07) is 7.72. The van der Waals surface area contributed by atoms with E-state index in [2.05, 4.69) is 10.1 Å². The average Bonchev–Trinajstić information content (AvgIpc) is 3.01. The normalized spacial score (nSPS) is 10.7. The van der Waals surface area contributed by atoms with Crippen molar-refractivity contribution < 1.29 is 13.3 Å². The van der Waals surface area contributed by atoms with Crippen LogP contribution in [0.4, 0.5) is 10.1 Å². The van der Waals surface area contributed by atoms with Crippen LogP contribution in [0.15, 0.2) is 45.5 Å². The molecule has 6 heteroatoms. The first-order valence-corrected chi connectivity index (χ1v) is 5.17. The molecule has 18 heavy (non-hydrogen) atoms. The quantitative estimate of drug-likeness (QED) is 0.702. The van der Waals surface area contributed by atoms with Gasteiger partial charge in [-0.25, -0.2) is 4.39 Å². The molecule has 0 saturated carbocycles. The van der Waals surface area contributed by atoms with Crippen LogP contribution in [0.5, 0.6) is 0 Å². The van der Waals surface area contributed by atoms with Crippen LogP contribution in [0.1, 0.15) is 0 Å². The lowest BCUT2D eigenvalue weighted by molar-refractivity contribution is 0.429. The number of aromatic nitrogens is 2. The van der Waals surface area contributed by atoms with Crippen LogP contribution in [0, 0.1) is 5.82 Å². The Balaban J connectivity index is 2.00. The molecule has 0 bridgehead atoms. The van der Waals surface area contributed by atoms with Gasteiger partial charge in [-0.05, 0) is 30.3 Å². The second kappa shape index (κ2) is 3.99. The molecule has 3 rings (SSSR count). The zero-order chi connectivity index (χ0) is 12.5. The summed E-state index contributed by atoms with van der Waals surface area (Å²) in [7, 11) is 0. The summed E-state index contributed by atoms with van der Waals surface area (Å²) in [5.41, 5.74) is 5.93. The summed E-state index contributed by atoms with van der Waals surface area (Å²) in [4.78, 5) is 4.11. The molecule has 0 unspecified atom stereocenters. The van der Waals surface area contributed by atoms with E-state index in [4.69, 9.17) is 14.7 Å². The maximum Gasteiger partial charge on any atom is 0.258 e. The number of benzene rings is 1. The van der Waals surface area contributed by atoms with Gasteiger partial charge in [-0.2, -0.15) is 4.98 Å². The molecule has 2 heterocycles. The van der Waals surface area contributed by atoms with E-state index >= 15 is 0 Å².